The molecule has 12 heavy (non-hydrogen) atoms. The maximum absolute atomic E-state index is 11.1. The molecule has 1 heterocycles. The first-order valence-corrected chi connectivity index (χ1v) is 3.22. The molecule has 1 aromatic heterocycles. The van der Waals surface area contributed by atoms with Crippen LogP contribution in [0.2, 0.25) is 0 Å². The Kier molecular flexibility index (Phi) is 2.57. The van der Waals surface area contributed by atoms with Gasteiger partial charge in [-0.1, -0.05) is 0 Å². The van der Waals surface area contributed by atoms with Crippen molar-refractivity contribution in [2.45, 2.75) is 6.42 Å². The quantitative estimate of drug-likeness (QED) is 0.372. The first-order valence-electron chi connectivity index (χ1n) is 3.22. The van der Waals surface area contributed by atoms with E-state index in [1.807, 2.05) is 0 Å². The van der Waals surface area contributed by atoms with Crippen LogP contribution in [0.25, 0.3) is 0 Å². The summed E-state index contributed by atoms with van der Waals surface area (Å²) in [6.45, 7) is 0. The van der Waals surface area contributed by atoms with Crippen LogP contribution in [0.4, 0.5) is 0 Å². The molecule has 0 spiro atoms. The van der Waals surface area contributed by atoms with Gasteiger partial charge in [0, 0.05) is 0 Å². The summed E-state index contributed by atoms with van der Waals surface area (Å²) in [4.78, 5) is 25.2. The smallest absolute Gasteiger partial charge is 0.313 e. The second-order valence-electron chi connectivity index (χ2n) is 2.05. The molecule has 0 aromatic carbocycles. The van der Waals surface area contributed by atoms with Crippen LogP contribution in [0.5, 0.6) is 0 Å². The Hall–Kier alpha value is -1.65. The van der Waals surface area contributed by atoms with Gasteiger partial charge in [-0.15, -0.1) is 0 Å². The molecule has 5 nitrogen and oxygen atoms in total. The van der Waals surface area contributed by atoms with E-state index in [-0.39, 0.29) is 12.1 Å². The topological polar surface area (TPSA) is 69.4 Å². The summed E-state index contributed by atoms with van der Waals surface area (Å²) in [6.07, 6.45) is 2.01. The number of carbonyl (C=O) groups is 2. The van der Waals surface area contributed by atoms with E-state index in [2.05, 4.69) is 14.1 Å². The normalized spacial score (nSPS) is 9.42. The number of methoxy groups -OCH3 is 1. The largest absolute Gasteiger partial charge is 0.469 e. The lowest BCUT2D eigenvalue weighted by molar-refractivity contribution is -0.139. The molecule has 0 aliphatic carbocycles. The van der Waals surface area contributed by atoms with Crippen molar-refractivity contribution in [3.8, 4) is 0 Å². The van der Waals surface area contributed by atoms with Crippen LogP contribution in [-0.4, -0.2) is 23.8 Å². The Morgan fingerprint density at radius 2 is 2.42 bits per heavy atom. The highest BCUT2D eigenvalue weighted by Gasteiger charge is 2.13. The number of hydrogen-bond donors (Lipinski definition) is 0. The van der Waals surface area contributed by atoms with E-state index in [0.717, 1.165) is 6.39 Å². The van der Waals surface area contributed by atoms with E-state index in [9.17, 15) is 9.59 Å². The van der Waals surface area contributed by atoms with Crippen LogP contribution < -0.4 is 0 Å². The van der Waals surface area contributed by atoms with Gasteiger partial charge >= 0.3 is 5.97 Å². The fraction of sp³-hybridized carbons (Fsp3) is 0.286. The molecule has 64 valence electrons. The monoisotopic (exact) mass is 169 g/mol. The SMILES string of the molecule is COC(=O)CC(=O)c1cocn1. The number of hydrogen-bond acceptors (Lipinski definition) is 5. The van der Waals surface area contributed by atoms with Gasteiger partial charge in [-0.05, 0) is 0 Å². The summed E-state index contributed by atoms with van der Waals surface area (Å²) >= 11 is 0. The number of ether oxygens (including phenoxy) is 1. The van der Waals surface area contributed by atoms with E-state index in [1.54, 1.807) is 0 Å². The summed E-state index contributed by atoms with van der Waals surface area (Å²) in [6, 6.07) is 0. The summed E-state index contributed by atoms with van der Waals surface area (Å²) in [5, 5.41) is 0. The van der Waals surface area contributed by atoms with Crippen LogP contribution in [-0.2, 0) is 9.53 Å². The van der Waals surface area contributed by atoms with Gasteiger partial charge in [-0.3, -0.25) is 9.59 Å². The van der Waals surface area contributed by atoms with Gasteiger partial charge in [-0.2, -0.15) is 0 Å². The first-order chi connectivity index (χ1) is 5.74. The van der Waals surface area contributed by atoms with E-state index in [4.69, 9.17) is 0 Å². The van der Waals surface area contributed by atoms with Crippen molar-refractivity contribution in [2.75, 3.05) is 7.11 Å². The minimum atomic E-state index is -0.581. The molecule has 0 atom stereocenters. The lowest BCUT2D eigenvalue weighted by Gasteiger charge is -1.94. The highest BCUT2D eigenvalue weighted by atomic mass is 16.5. The van der Waals surface area contributed by atoms with E-state index in [0.29, 0.717) is 0 Å². The van der Waals surface area contributed by atoms with Gasteiger partial charge < -0.3 is 9.15 Å². The molecule has 0 bridgehead atoms. The number of carbonyl (C=O) groups excluding carboxylic acids is 2. The summed E-state index contributed by atoms with van der Waals surface area (Å²) < 4.78 is 8.87. The van der Waals surface area contributed by atoms with Gasteiger partial charge in [0.05, 0.1) is 7.11 Å². The van der Waals surface area contributed by atoms with E-state index < -0.39 is 11.8 Å². The molecule has 0 saturated heterocycles. The van der Waals surface area contributed by atoms with Gasteiger partial charge in [0.25, 0.3) is 0 Å². The molecule has 0 N–H and O–H groups in total. The molecule has 1 rings (SSSR count). The minimum absolute atomic E-state index is 0.139. The number of Topliss-reactive ketones (excluding diaryl/α,β-unsaturated/α-hetero) is 1. The summed E-state index contributed by atoms with van der Waals surface area (Å²) in [5.41, 5.74) is 0.139. The Morgan fingerprint density at radius 3 is 2.92 bits per heavy atom. The average molecular weight is 169 g/mol. The average Bonchev–Trinajstić information content (AvgIpc) is 2.56. The minimum Gasteiger partial charge on any atom is -0.469 e. The zero-order valence-corrected chi connectivity index (χ0v) is 6.44. The van der Waals surface area contributed by atoms with Gasteiger partial charge in [0.2, 0.25) is 0 Å². The Bertz CT molecular complexity index is 278. The third kappa shape index (κ3) is 1.91. The van der Waals surface area contributed by atoms with Crippen LogP contribution in [0, 0.1) is 0 Å². The zero-order chi connectivity index (χ0) is 8.97. The molecule has 0 aliphatic rings. The molecule has 0 radical (unpaired) electrons. The molecular formula is C7H7NO4. The number of oxazole rings is 1. The standard InChI is InChI=1S/C7H7NO4/c1-11-7(10)2-6(9)5-3-12-4-8-5/h3-4H,2H2,1H3. The number of aromatic nitrogens is 1. The molecular weight excluding hydrogens is 162 g/mol. The number of rotatable bonds is 3. The molecule has 5 heteroatoms. The Morgan fingerprint density at radius 1 is 1.67 bits per heavy atom. The van der Waals surface area contributed by atoms with E-state index >= 15 is 0 Å². The van der Waals surface area contributed by atoms with Crippen molar-refractivity contribution in [2.24, 2.45) is 0 Å². The fourth-order valence-electron chi connectivity index (χ4n) is 0.644. The second-order valence-corrected chi connectivity index (χ2v) is 2.05. The molecule has 0 fully saturated rings. The predicted molar refractivity (Wildman–Crippen MR) is 37.5 cm³/mol. The molecule has 1 aromatic rings. The van der Waals surface area contributed by atoms with Crippen molar-refractivity contribution in [3.05, 3.63) is 18.4 Å². The predicted octanol–water partition coefficient (Wildman–Crippen LogP) is 0.420. The number of nitrogens with zero attached hydrogens (tertiary/aromatic N) is 1. The number of ketones is 1. The maximum atomic E-state index is 11.1. The van der Waals surface area contributed by atoms with Crippen molar-refractivity contribution in [3.63, 3.8) is 0 Å². The highest BCUT2D eigenvalue weighted by Crippen LogP contribution is 2.00. The molecule has 0 aliphatic heterocycles. The second kappa shape index (κ2) is 3.66. The van der Waals surface area contributed by atoms with Crippen molar-refractivity contribution < 1.29 is 18.7 Å². The summed E-state index contributed by atoms with van der Waals surface area (Å²) in [7, 11) is 1.22. The van der Waals surface area contributed by atoms with Crippen molar-refractivity contribution in [1.29, 1.82) is 0 Å². The van der Waals surface area contributed by atoms with Crippen molar-refractivity contribution in [1.82, 2.24) is 4.98 Å². The Labute approximate surface area is 68.3 Å². The fourth-order valence-corrected chi connectivity index (χ4v) is 0.644. The third-order valence-electron chi connectivity index (χ3n) is 1.25. The number of esters is 1. The van der Waals surface area contributed by atoms with Crippen LogP contribution in [0.15, 0.2) is 17.1 Å². The van der Waals surface area contributed by atoms with Crippen LogP contribution >= 0.6 is 0 Å². The third-order valence-corrected chi connectivity index (χ3v) is 1.25. The highest BCUT2D eigenvalue weighted by molar-refractivity contribution is 6.04. The molecule has 0 unspecified atom stereocenters. The first kappa shape index (κ1) is 8.45. The van der Waals surface area contributed by atoms with Gasteiger partial charge in [0.1, 0.15) is 18.4 Å². The van der Waals surface area contributed by atoms with Crippen LogP contribution in [0.1, 0.15) is 16.9 Å². The maximum Gasteiger partial charge on any atom is 0.313 e. The van der Waals surface area contributed by atoms with Gasteiger partial charge in [-0.25, -0.2) is 4.98 Å². The molecule has 0 amide bonds. The van der Waals surface area contributed by atoms with E-state index in [1.165, 1.54) is 13.4 Å². The lowest BCUT2D eigenvalue weighted by atomic mass is 10.2. The molecule has 0 saturated carbocycles. The van der Waals surface area contributed by atoms with Crippen molar-refractivity contribution >= 4 is 11.8 Å². The zero-order valence-electron chi connectivity index (χ0n) is 6.44. The summed E-state index contributed by atoms with van der Waals surface area (Å²) in [5.74, 6) is -0.987. The van der Waals surface area contributed by atoms with Gasteiger partial charge in [0.15, 0.2) is 12.2 Å². The Balaban J connectivity index is 2.56. The van der Waals surface area contributed by atoms with Crippen LogP contribution in [0.3, 0.4) is 0 Å². The lowest BCUT2D eigenvalue weighted by Crippen LogP contribution is -2.09.